The maximum Gasteiger partial charge on any atom is 0.0185 e. The predicted octanol–water partition coefficient (Wildman–Crippen LogP) is 5.28. The van der Waals surface area contributed by atoms with Gasteiger partial charge in [-0.15, -0.1) is 0 Å². The van der Waals surface area contributed by atoms with Crippen LogP contribution in [-0.2, 0) is 0 Å². The van der Waals surface area contributed by atoms with E-state index in [1.165, 1.54) is 77.0 Å². The van der Waals surface area contributed by atoms with Crippen LogP contribution in [0.25, 0.3) is 0 Å². The zero-order chi connectivity index (χ0) is 13.7. The minimum Gasteiger partial charge on any atom is -0.325 e. The van der Waals surface area contributed by atoms with E-state index in [9.17, 15) is 0 Å². The zero-order valence-corrected chi connectivity index (χ0v) is 13.3. The van der Waals surface area contributed by atoms with Crippen molar-refractivity contribution in [2.45, 2.75) is 96.4 Å². The van der Waals surface area contributed by atoms with E-state index in [4.69, 9.17) is 5.73 Å². The van der Waals surface area contributed by atoms with E-state index in [1.807, 2.05) is 0 Å². The molecule has 4 atom stereocenters. The minimum absolute atomic E-state index is 0.184. The van der Waals surface area contributed by atoms with Crippen LogP contribution in [0.3, 0.4) is 0 Å². The van der Waals surface area contributed by atoms with Crippen LogP contribution < -0.4 is 5.73 Å². The van der Waals surface area contributed by atoms with Crippen molar-refractivity contribution in [3.63, 3.8) is 0 Å². The minimum atomic E-state index is 0.184. The summed E-state index contributed by atoms with van der Waals surface area (Å²) in [5, 5.41) is 0. The summed E-state index contributed by atoms with van der Waals surface area (Å²) in [6.07, 6.45) is 16.7. The van der Waals surface area contributed by atoms with Gasteiger partial charge < -0.3 is 5.73 Å². The molecule has 112 valence electrons. The zero-order valence-electron chi connectivity index (χ0n) is 13.3. The molecule has 2 aliphatic carbocycles. The molecule has 0 spiro atoms. The smallest absolute Gasteiger partial charge is 0.0185 e. The van der Waals surface area contributed by atoms with Crippen molar-refractivity contribution in [3.8, 4) is 0 Å². The van der Waals surface area contributed by atoms with Crippen molar-refractivity contribution < 1.29 is 0 Å². The maximum absolute atomic E-state index is 6.96. The Kier molecular flexibility index (Phi) is 5.74. The fourth-order valence-electron chi connectivity index (χ4n) is 4.98. The highest BCUT2D eigenvalue weighted by Crippen LogP contribution is 2.44. The SMILES string of the molecule is CCCC1CCCC(N)(C2CCCCC2CC)CC1. The number of hydrogen-bond donors (Lipinski definition) is 1. The Labute approximate surface area is 120 Å². The normalized spacial score (nSPS) is 40.9. The third kappa shape index (κ3) is 3.74. The van der Waals surface area contributed by atoms with Crippen LogP contribution in [-0.4, -0.2) is 5.54 Å². The first-order valence-corrected chi connectivity index (χ1v) is 8.98. The van der Waals surface area contributed by atoms with Gasteiger partial charge in [0.2, 0.25) is 0 Å². The molecule has 2 rings (SSSR count). The summed E-state index contributed by atoms with van der Waals surface area (Å²) in [5.74, 6) is 2.71. The Hall–Kier alpha value is -0.0400. The van der Waals surface area contributed by atoms with Crippen molar-refractivity contribution in [1.82, 2.24) is 0 Å². The summed E-state index contributed by atoms with van der Waals surface area (Å²) in [4.78, 5) is 0. The highest BCUT2D eigenvalue weighted by Gasteiger charge is 2.40. The lowest BCUT2D eigenvalue weighted by Gasteiger charge is -2.44. The fraction of sp³-hybridized carbons (Fsp3) is 1.00. The van der Waals surface area contributed by atoms with E-state index < -0.39 is 0 Å². The molecule has 2 N–H and O–H groups in total. The molecule has 0 bridgehead atoms. The molecule has 4 unspecified atom stereocenters. The van der Waals surface area contributed by atoms with Gasteiger partial charge in [0.15, 0.2) is 0 Å². The van der Waals surface area contributed by atoms with Crippen LogP contribution >= 0.6 is 0 Å². The first kappa shape index (κ1) is 15.4. The third-order valence-corrected chi connectivity index (χ3v) is 6.14. The fourth-order valence-corrected chi connectivity index (χ4v) is 4.98. The van der Waals surface area contributed by atoms with Crippen molar-refractivity contribution in [2.24, 2.45) is 23.5 Å². The van der Waals surface area contributed by atoms with E-state index in [2.05, 4.69) is 13.8 Å². The van der Waals surface area contributed by atoms with Crippen LogP contribution in [0.2, 0.25) is 0 Å². The van der Waals surface area contributed by atoms with Crippen molar-refractivity contribution in [2.75, 3.05) is 0 Å². The maximum atomic E-state index is 6.96. The molecule has 1 heteroatoms. The second kappa shape index (κ2) is 7.11. The Bertz CT molecular complexity index is 262. The van der Waals surface area contributed by atoms with Gasteiger partial charge in [-0.05, 0) is 43.4 Å². The molecule has 0 aliphatic heterocycles. The highest BCUT2D eigenvalue weighted by molar-refractivity contribution is 4.97. The van der Waals surface area contributed by atoms with Crippen LogP contribution in [0, 0.1) is 17.8 Å². The van der Waals surface area contributed by atoms with E-state index >= 15 is 0 Å². The molecular formula is C18H35N. The van der Waals surface area contributed by atoms with Crippen LogP contribution in [0.15, 0.2) is 0 Å². The lowest BCUT2D eigenvalue weighted by molar-refractivity contribution is 0.113. The number of hydrogen-bond acceptors (Lipinski definition) is 1. The van der Waals surface area contributed by atoms with Crippen molar-refractivity contribution in [1.29, 1.82) is 0 Å². The standard InChI is InChI=1S/C18H35N/c1-3-8-15-9-7-13-18(19,14-12-15)17-11-6-5-10-16(17)4-2/h15-17H,3-14,19H2,1-2H3. The van der Waals surface area contributed by atoms with Crippen molar-refractivity contribution in [3.05, 3.63) is 0 Å². The second-order valence-electron chi connectivity index (χ2n) is 7.38. The summed E-state index contributed by atoms with van der Waals surface area (Å²) >= 11 is 0. The predicted molar refractivity (Wildman–Crippen MR) is 84.1 cm³/mol. The number of rotatable bonds is 4. The molecule has 0 radical (unpaired) electrons. The van der Waals surface area contributed by atoms with Gasteiger partial charge in [-0.3, -0.25) is 0 Å². The first-order valence-electron chi connectivity index (χ1n) is 8.98. The summed E-state index contributed by atoms with van der Waals surface area (Å²) in [6.45, 7) is 4.71. The van der Waals surface area contributed by atoms with E-state index in [-0.39, 0.29) is 5.54 Å². The molecule has 2 saturated carbocycles. The summed E-state index contributed by atoms with van der Waals surface area (Å²) < 4.78 is 0. The van der Waals surface area contributed by atoms with E-state index in [0.29, 0.717) is 0 Å². The molecule has 0 saturated heterocycles. The van der Waals surface area contributed by atoms with E-state index in [0.717, 1.165) is 17.8 Å². The molecule has 0 aromatic rings. The van der Waals surface area contributed by atoms with E-state index in [1.54, 1.807) is 0 Å². The molecular weight excluding hydrogens is 230 g/mol. The Balaban J connectivity index is 2.00. The van der Waals surface area contributed by atoms with Gasteiger partial charge in [0.25, 0.3) is 0 Å². The molecule has 0 heterocycles. The molecule has 2 fully saturated rings. The summed E-state index contributed by atoms with van der Waals surface area (Å²) in [5.41, 5.74) is 7.14. The Morgan fingerprint density at radius 3 is 2.47 bits per heavy atom. The van der Waals surface area contributed by atoms with Gasteiger partial charge in [0.1, 0.15) is 0 Å². The average Bonchev–Trinajstić information content (AvgIpc) is 2.63. The molecule has 0 aromatic heterocycles. The first-order chi connectivity index (χ1) is 9.19. The second-order valence-corrected chi connectivity index (χ2v) is 7.38. The highest BCUT2D eigenvalue weighted by atomic mass is 14.8. The third-order valence-electron chi connectivity index (χ3n) is 6.14. The molecule has 2 aliphatic rings. The van der Waals surface area contributed by atoms with Crippen LogP contribution in [0.5, 0.6) is 0 Å². The van der Waals surface area contributed by atoms with Gasteiger partial charge in [-0.2, -0.15) is 0 Å². The molecule has 0 amide bonds. The van der Waals surface area contributed by atoms with Gasteiger partial charge >= 0.3 is 0 Å². The van der Waals surface area contributed by atoms with Gasteiger partial charge in [0, 0.05) is 5.54 Å². The van der Waals surface area contributed by atoms with Crippen LogP contribution in [0.1, 0.15) is 90.9 Å². The summed E-state index contributed by atoms with van der Waals surface area (Å²) in [7, 11) is 0. The molecule has 19 heavy (non-hydrogen) atoms. The van der Waals surface area contributed by atoms with Crippen molar-refractivity contribution >= 4 is 0 Å². The summed E-state index contributed by atoms with van der Waals surface area (Å²) in [6, 6.07) is 0. The lowest BCUT2D eigenvalue weighted by atomic mass is 9.65. The largest absolute Gasteiger partial charge is 0.325 e. The molecule has 1 nitrogen and oxygen atoms in total. The monoisotopic (exact) mass is 265 g/mol. The molecule has 0 aromatic carbocycles. The average molecular weight is 265 g/mol. The van der Waals surface area contributed by atoms with Gasteiger partial charge in [-0.1, -0.05) is 65.2 Å². The van der Waals surface area contributed by atoms with Gasteiger partial charge in [0.05, 0.1) is 0 Å². The lowest BCUT2D eigenvalue weighted by Crippen LogP contribution is -2.50. The quantitative estimate of drug-likeness (QED) is 0.687. The van der Waals surface area contributed by atoms with Crippen LogP contribution in [0.4, 0.5) is 0 Å². The Morgan fingerprint density at radius 2 is 1.74 bits per heavy atom. The van der Waals surface area contributed by atoms with Gasteiger partial charge in [-0.25, -0.2) is 0 Å². The number of nitrogens with two attached hydrogens (primary N) is 1. The topological polar surface area (TPSA) is 26.0 Å². The Morgan fingerprint density at radius 1 is 0.947 bits per heavy atom.